The zero-order valence-electron chi connectivity index (χ0n) is 12.2. The Balaban J connectivity index is 1.93. The Morgan fingerprint density at radius 2 is 1.71 bits per heavy atom. The molecule has 0 aliphatic rings. The summed E-state index contributed by atoms with van der Waals surface area (Å²) in [7, 11) is 0. The van der Waals surface area contributed by atoms with Gasteiger partial charge in [-0.05, 0) is 35.9 Å². The predicted molar refractivity (Wildman–Crippen MR) is 99.7 cm³/mol. The minimum absolute atomic E-state index is 0.0541. The fourth-order valence-electron chi connectivity index (χ4n) is 1.88. The minimum Gasteiger partial charge on any atom is -0.478 e. The first kappa shape index (κ1) is 18.9. The number of anilines is 1. The first-order valence-electron chi connectivity index (χ1n) is 6.71. The summed E-state index contributed by atoms with van der Waals surface area (Å²) in [5, 5.41) is 13.1. The number of hydrogen-bond acceptors (Lipinski definition) is 3. The van der Waals surface area contributed by atoms with E-state index in [1.54, 1.807) is 18.2 Å². The normalized spacial score (nSPS) is 10.5. The molecule has 24 heavy (non-hydrogen) atoms. The van der Waals surface area contributed by atoms with Gasteiger partial charge in [0.25, 0.3) is 0 Å². The molecule has 2 rings (SSSR count). The second-order valence-corrected chi connectivity index (χ2v) is 7.04. The third-order valence-electron chi connectivity index (χ3n) is 2.99. The highest BCUT2D eigenvalue weighted by atomic mass is 35.5. The standard InChI is InChI=1S/C16H12Cl3NO3S/c17-10-3-4-14(12(5-10)16(22)23)20-15(21)8-24-7-9-1-2-11(18)6-13(9)19/h1-6H,7-8H2,(H,20,21)(H,22,23). The third kappa shape index (κ3) is 5.31. The van der Waals surface area contributed by atoms with Gasteiger partial charge in [-0.3, -0.25) is 4.79 Å². The summed E-state index contributed by atoms with van der Waals surface area (Å²) in [4.78, 5) is 23.2. The Labute approximate surface area is 158 Å². The number of carbonyl (C=O) groups is 2. The maximum Gasteiger partial charge on any atom is 0.337 e. The molecule has 0 bridgehead atoms. The quantitative estimate of drug-likeness (QED) is 0.693. The van der Waals surface area contributed by atoms with E-state index < -0.39 is 5.97 Å². The highest BCUT2D eigenvalue weighted by Crippen LogP contribution is 2.25. The van der Waals surface area contributed by atoms with Crippen LogP contribution in [0.3, 0.4) is 0 Å². The molecule has 1 amide bonds. The molecule has 0 fully saturated rings. The van der Waals surface area contributed by atoms with Crippen molar-refractivity contribution in [1.29, 1.82) is 0 Å². The summed E-state index contributed by atoms with van der Waals surface area (Å²) in [6.07, 6.45) is 0. The molecule has 8 heteroatoms. The number of carboxylic acids is 1. The van der Waals surface area contributed by atoms with Crippen LogP contribution in [0.2, 0.25) is 15.1 Å². The molecule has 0 heterocycles. The molecule has 0 radical (unpaired) electrons. The average molecular weight is 405 g/mol. The highest BCUT2D eigenvalue weighted by Gasteiger charge is 2.13. The Morgan fingerprint density at radius 1 is 1.04 bits per heavy atom. The molecule has 4 nitrogen and oxygen atoms in total. The molecule has 0 saturated heterocycles. The molecule has 2 N–H and O–H groups in total. The number of rotatable bonds is 6. The van der Waals surface area contributed by atoms with Crippen molar-refractivity contribution in [3.63, 3.8) is 0 Å². The molecule has 0 spiro atoms. The molecule has 0 aliphatic carbocycles. The zero-order valence-corrected chi connectivity index (χ0v) is 15.3. The van der Waals surface area contributed by atoms with Crippen molar-refractivity contribution in [1.82, 2.24) is 0 Å². The third-order valence-corrected chi connectivity index (χ3v) is 4.80. The van der Waals surface area contributed by atoms with Crippen LogP contribution in [0.4, 0.5) is 5.69 Å². The summed E-state index contributed by atoms with van der Waals surface area (Å²) >= 11 is 19.0. The van der Waals surface area contributed by atoms with Gasteiger partial charge >= 0.3 is 5.97 Å². The molecule has 0 unspecified atom stereocenters. The van der Waals surface area contributed by atoms with Gasteiger partial charge in [0.15, 0.2) is 0 Å². The van der Waals surface area contributed by atoms with Crippen molar-refractivity contribution >= 4 is 64.1 Å². The maximum absolute atomic E-state index is 12.0. The summed E-state index contributed by atoms with van der Waals surface area (Å²) in [5.74, 6) is -0.778. The van der Waals surface area contributed by atoms with Gasteiger partial charge in [0.2, 0.25) is 5.91 Å². The van der Waals surface area contributed by atoms with Crippen molar-refractivity contribution in [2.75, 3.05) is 11.1 Å². The van der Waals surface area contributed by atoms with Gasteiger partial charge in [0, 0.05) is 20.8 Å². The van der Waals surface area contributed by atoms with E-state index in [1.165, 1.54) is 30.0 Å². The van der Waals surface area contributed by atoms with E-state index in [2.05, 4.69) is 5.32 Å². The summed E-state index contributed by atoms with van der Waals surface area (Å²) < 4.78 is 0. The van der Waals surface area contributed by atoms with E-state index in [0.717, 1.165) is 5.56 Å². The smallest absolute Gasteiger partial charge is 0.337 e. The molecule has 0 aliphatic heterocycles. The molecule has 2 aromatic carbocycles. The van der Waals surface area contributed by atoms with Gasteiger partial charge in [0.05, 0.1) is 17.0 Å². The van der Waals surface area contributed by atoms with Gasteiger partial charge in [0.1, 0.15) is 0 Å². The number of carboxylic acid groups (broad SMARTS) is 1. The maximum atomic E-state index is 12.0. The van der Waals surface area contributed by atoms with Crippen molar-refractivity contribution in [3.8, 4) is 0 Å². The fourth-order valence-corrected chi connectivity index (χ4v) is 3.44. The van der Waals surface area contributed by atoms with E-state index in [-0.39, 0.29) is 27.9 Å². The van der Waals surface area contributed by atoms with Crippen molar-refractivity contribution < 1.29 is 14.7 Å². The molecule has 2 aromatic rings. The van der Waals surface area contributed by atoms with Gasteiger partial charge < -0.3 is 10.4 Å². The van der Waals surface area contributed by atoms with Crippen LogP contribution in [-0.2, 0) is 10.5 Å². The van der Waals surface area contributed by atoms with Crippen molar-refractivity contribution in [2.24, 2.45) is 0 Å². The lowest BCUT2D eigenvalue weighted by atomic mass is 10.2. The SMILES string of the molecule is O=C(CSCc1ccc(Cl)cc1Cl)Nc1ccc(Cl)cc1C(=O)O. The van der Waals surface area contributed by atoms with E-state index in [9.17, 15) is 9.59 Å². The monoisotopic (exact) mass is 403 g/mol. The van der Waals surface area contributed by atoms with Gasteiger partial charge in [-0.15, -0.1) is 11.8 Å². The largest absolute Gasteiger partial charge is 0.478 e. The van der Waals surface area contributed by atoms with Crippen LogP contribution in [-0.4, -0.2) is 22.7 Å². The second-order valence-electron chi connectivity index (χ2n) is 4.77. The fraction of sp³-hybridized carbons (Fsp3) is 0.125. The Bertz CT molecular complexity index is 783. The average Bonchev–Trinajstić information content (AvgIpc) is 2.51. The first-order chi connectivity index (χ1) is 11.4. The number of thioether (sulfide) groups is 1. The predicted octanol–water partition coefficient (Wildman–Crippen LogP) is 5.22. The number of nitrogens with one attached hydrogen (secondary N) is 1. The molecule has 0 aromatic heterocycles. The number of benzene rings is 2. The van der Waals surface area contributed by atoms with E-state index >= 15 is 0 Å². The molecule has 0 atom stereocenters. The number of halogens is 3. The van der Waals surface area contributed by atoms with E-state index in [1.807, 2.05) is 0 Å². The lowest BCUT2D eigenvalue weighted by Crippen LogP contribution is -2.16. The zero-order chi connectivity index (χ0) is 17.7. The Hall–Kier alpha value is -1.40. The van der Waals surface area contributed by atoms with Crippen LogP contribution in [0.15, 0.2) is 36.4 Å². The van der Waals surface area contributed by atoms with Crippen LogP contribution in [0.1, 0.15) is 15.9 Å². The molecular formula is C16H12Cl3NO3S. The Kier molecular flexibility index (Phi) is 6.80. The van der Waals surface area contributed by atoms with Crippen LogP contribution in [0.25, 0.3) is 0 Å². The number of hydrogen-bond donors (Lipinski definition) is 2. The highest BCUT2D eigenvalue weighted by molar-refractivity contribution is 7.99. The molecule has 0 saturated carbocycles. The number of carbonyl (C=O) groups excluding carboxylic acids is 1. The van der Waals surface area contributed by atoms with Crippen LogP contribution < -0.4 is 5.32 Å². The number of amides is 1. The number of aromatic carboxylic acids is 1. The molecule has 126 valence electrons. The van der Waals surface area contributed by atoms with E-state index in [4.69, 9.17) is 39.9 Å². The van der Waals surface area contributed by atoms with Crippen molar-refractivity contribution in [2.45, 2.75) is 5.75 Å². The van der Waals surface area contributed by atoms with Gasteiger partial charge in [-0.1, -0.05) is 40.9 Å². The first-order valence-corrected chi connectivity index (χ1v) is 9.00. The minimum atomic E-state index is -1.16. The summed E-state index contributed by atoms with van der Waals surface area (Å²) in [6.45, 7) is 0. The van der Waals surface area contributed by atoms with Crippen molar-refractivity contribution in [3.05, 3.63) is 62.6 Å². The van der Waals surface area contributed by atoms with Gasteiger partial charge in [-0.25, -0.2) is 4.79 Å². The van der Waals surface area contributed by atoms with Crippen LogP contribution in [0.5, 0.6) is 0 Å². The van der Waals surface area contributed by atoms with Crippen LogP contribution >= 0.6 is 46.6 Å². The Morgan fingerprint density at radius 3 is 2.38 bits per heavy atom. The summed E-state index contributed by atoms with van der Waals surface area (Å²) in [5.41, 5.74) is 1.03. The lowest BCUT2D eigenvalue weighted by Gasteiger charge is -2.09. The van der Waals surface area contributed by atoms with Gasteiger partial charge in [-0.2, -0.15) is 0 Å². The summed E-state index contributed by atoms with van der Waals surface area (Å²) in [6, 6.07) is 9.45. The lowest BCUT2D eigenvalue weighted by molar-refractivity contribution is -0.113. The molecular weight excluding hydrogens is 393 g/mol. The van der Waals surface area contributed by atoms with Crippen LogP contribution in [0, 0.1) is 0 Å². The van der Waals surface area contributed by atoms with E-state index in [0.29, 0.717) is 15.8 Å². The second kappa shape index (κ2) is 8.62. The topological polar surface area (TPSA) is 66.4 Å².